The zero-order valence-electron chi connectivity index (χ0n) is 10.6. The Hall–Kier alpha value is -1.71. The van der Waals surface area contributed by atoms with Gasteiger partial charge in [-0.15, -0.1) is 0 Å². The Balaban J connectivity index is 3.00. The van der Waals surface area contributed by atoms with Gasteiger partial charge in [-0.3, -0.25) is 9.59 Å². The average Bonchev–Trinajstić information content (AvgIpc) is 2.28. The normalized spacial score (nSPS) is 11.1. The van der Waals surface area contributed by atoms with Crippen LogP contribution in [-0.2, 0) is 9.53 Å². The molecule has 0 aliphatic heterocycles. The first-order valence-corrected chi connectivity index (χ1v) is 5.55. The van der Waals surface area contributed by atoms with E-state index >= 15 is 0 Å². The predicted molar refractivity (Wildman–Crippen MR) is 63.7 cm³/mol. The number of esters is 1. The SMILES string of the molecule is CCOC(=O)C(C)(C)C(=O)c1cccc(C)n1. The van der Waals surface area contributed by atoms with Crippen LogP contribution in [0.5, 0.6) is 0 Å². The first-order valence-electron chi connectivity index (χ1n) is 5.55. The number of carbonyl (C=O) groups excluding carboxylic acids is 2. The summed E-state index contributed by atoms with van der Waals surface area (Å²) in [4.78, 5) is 28.0. The van der Waals surface area contributed by atoms with E-state index in [0.29, 0.717) is 5.69 Å². The number of Topliss-reactive ketones (excluding diaryl/α,β-unsaturated/α-hetero) is 1. The fraction of sp³-hybridized carbons (Fsp3) is 0.462. The van der Waals surface area contributed by atoms with Gasteiger partial charge < -0.3 is 4.74 Å². The zero-order chi connectivity index (χ0) is 13.1. The number of nitrogens with zero attached hydrogens (tertiary/aromatic N) is 1. The molecular weight excluding hydrogens is 218 g/mol. The van der Waals surface area contributed by atoms with Gasteiger partial charge in [0.15, 0.2) is 5.78 Å². The summed E-state index contributed by atoms with van der Waals surface area (Å²) in [6, 6.07) is 5.15. The largest absolute Gasteiger partial charge is 0.465 e. The number of aryl methyl sites for hydroxylation is 1. The summed E-state index contributed by atoms with van der Waals surface area (Å²) in [5.74, 6) is -0.840. The van der Waals surface area contributed by atoms with Crippen molar-refractivity contribution in [3.8, 4) is 0 Å². The van der Waals surface area contributed by atoms with Crippen molar-refractivity contribution in [3.63, 3.8) is 0 Å². The lowest BCUT2D eigenvalue weighted by molar-refractivity contribution is -0.150. The van der Waals surface area contributed by atoms with E-state index in [4.69, 9.17) is 4.74 Å². The van der Waals surface area contributed by atoms with Crippen LogP contribution in [0.25, 0.3) is 0 Å². The van der Waals surface area contributed by atoms with Crippen LogP contribution in [0.2, 0.25) is 0 Å². The van der Waals surface area contributed by atoms with Crippen LogP contribution in [0.1, 0.15) is 37.0 Å². The quantitative estimate of drug-likeness (QED) is 0.456. The minimum absolute atomic E-state index is 0.261. The lowest BCUT2D eigenvalue weighted by Crippen LogP contribution is -2.35. The van der Waals surface area contributed by atoms with Gasteiger partial charge in [0.1, 0.15) is 11.1 Å². The van der Waals surface area contributed by atoms with Gasteiger partial charge in [-0.05, 0) is 39.8 Å². The first-order chi connectivity index (χ1) is 7.89. The van der Waals surface area contributed by atoms with Crippen molar-refractivity contribution in [3.05, 3.63) is 29.6 Å². The fourth-order valence-corrected chi connectivity index (χ4v) is 1.39. The van der Waals surface area contributed by atoms with Crippen molar-refractivity contribution in [1.29, 1.82) is 0 Å². The molecular formula is C13H17NO3. The highest BCUT2D eigenvalue weighted by Gasteiger charge is 2.38. The molecule has 0 aliphatic rings. The van der Waals surface area contributed by atoms with E-state index in [1.54, 1.807) is 45.9 Å². The van der Waals surface area contributed by atoms with E-state index in [1.807, 2.05) is 0 Å². The number of hydrogen-bond donors (Lipinski definition) is 0. The summed E-state index contributed by atoms with van der Waals surface area (Å²) in [7, 11) is 0. The molecule has 0 amide bonds. The van der Waals surface area contributed by atoms with Crippen LogP contribution in [0.15, 0.2) is 18.2 Å². The van der Waals surface area contributed by atoms with E-state index in [9.17, 15) is 9.59 Å². The summed E-state index contributed by atoms with van der Waals surface area (Å²) in [5, 5.41) is 0. The summed E-state index contributed by atoms with van der Waals surface area (Å²) < 4.78 is 4.89. The monoisotopic (exact) mass is 235 g/mol. The van der Waals surface area contributed by atoms with E-state index in [-0.39, 0.29) is 12.4 Å². The molecule has 1 heterocycles. The summed E-state index contributed by atoms with van der Waals surface area (Å²) in [6.45, 7) is 6.88. The second kappa shape index (κ2) is 5.08. The Morgan fingerprint density at radius 1 is 1.35 bits per heavy atom. The third-order valence-corrected chi connectivity index (χ3v) is 2.47. The number of ether oxygens (including phenoxy) is 1. The summed E-state index contributed by atoms with van der Waals surface area (Å²) in [6.07, 6.45) is 0. The van der Waals surface area contributed by atoms with Gasteiger partial charge in [-0.2, -0.15) is 0 Å². The number of pyridine rings is 1. The molecule has 0 radical (unpaired) electrons. The molecule has 0 unspecified atom stereocenters. The van der Waals surface area contributed by atoms with Gasteiger partial charge in [0.05, 0.1) is 6.61 Å². The number of hydrogen-bond acceptors (Lipinski definition) is 4. The highest BCUT2D eigenvalue weighted by molar-refractivity contribution is 6.10. The van der Waals surface area contributed by atoms with Crippen molar-refractivity contribution in [2.75, 3.05) is 6.61 Å². The van der Waals surface area contributed by atoms with Crippen molar-refractivity contribution >= 4 is 11.8 Å². The standard InChI is InChI=1S/C13H17NO3/c1-5-17-12(16)13(3,4)11(15)10-8-6-7-9(2)14-10/h6-8H,5H2,1-4H3. The Morgan fingerprint density at radius 3 is 2.53 bits per heavy atom. The van der Waals surface area contributed by atoms with Crippen LogP contribution in [-0.4, -0.2) is 23.3 Å². The molecule has 17 heavy (non-hydrogen) atoms. The maximum Gasteiger partial charge on any atom is 0.319 e. The zero-order valence-corrected chi connectivity index (χ0v) is 10.6. The molecule has 0 bridgehead atoms. The Kier molecular flexibility index (Phi) is 3.99. The van der Waals surface area contributed by atoms with Crippen LogP contribution < -0.4 is 0 Å². The lowest BCUT2D eigenvalue weighted by atomic mass is 9.86. The molecule has 0 N–H and O–H groups in total. The smallest absolute Gasteiger partial charge is 0.319 e. The molecule has 0 saturated heterocycles. The van der Waals surface area contributed by atoms with Crippen molar-refractivity contribution in [1.82, 2.24) is 4.98 Å². The summed E-state index contributed by atoms with van der Waals surface area (Å²) in [5.41, 5.74) is -0.157. The second-order valence-corrected chi connectivity index (χ2v) is 4.34. The van der Waals surface area contributed by atoms with Crippen LogP contribution in [0.3, 0.4) is 0 Å². The molecule has 1 aromatic rings. The Morgan fingerprint density at radius 2 is 2.00 bits per heavy atom. The van der Waals surface area contributed by atoms with Gasteiger partial charge in [-0.1, -0.05) is 6.07 Å². The lowest BCUT2D eigenvalue weighted by Gasteiger charge is -2.20. The number of rotatable bonds is 4. The Bertz CT molecular complexity index is 438. The Labute approximate surface area is 101 Å². The van der Waals surface area contributed by atoms with E-state index in [0.717, 1.165) is 5.69 Å². The highest BCUT2D eigenvalue weighted by atomic mass is 16.5. The number of ketones is 1. The molecule has 4 heteroatoms. The van der Waals surface area contributed by atoms with Gasteiger partial charge in [0.25, 0.3) is 0 Å². The minimum Gasteiger partial charge on any atom is -0.465 e. The molecule has 92 valence electrons. The van der Waals surface area contributed by atoms with Crippen LogP contribution in [0.4, 0.5) is 0 Å². The van der Waals surface area contributed by atoms with Gasteiger partial charge in [0, 0.05) is 5.69 Å². The summed E-state index contributed by atoms with van der Waals surface area (Å²) >= 11 is 0. The third kappa shape index (κ3) is 2.90. The number of carbonyl (C=O) groups is 2. The topological polar surface area (TPSA) is 56.3 Å². The van der Waals surface area contributed by atoms with E-state index in [2.05, 4.69) is 4.98 Å². The van der Waals surface area contributed by atoms with Crippen molar-refractivity contribution in [2.24, 2.45) is 5.41 Å². The molecule has 1 rings (SSSR count). The predicted octanol–water partition coefficient (Wildman–Crippen LogP) is 2.16. The second-order valence-electron chi connectivity index (χ2n) is 4.34. The molecule has 4 nitrogen and oxygen atoms in total. The van der Waals surface area contributed by atoms with Gasteiger partial charge >= 0.3 is 5.97 Å². The molecule has 0 fully saturated rings. The molecule has 0 aliphatic carbocycles. The van der Waals surface area contributed by atoms with Gasteiger partial charge in [-0.25, -0.2) is 4.98 Å². The van der Waals surface area contributed by atoms with E-state index in [1.165, 1.54) is 0 Å². The number of aromatic nitrogens is 1. The minimum atomic E-state index is -1.20. The van der Waals surface area contributed by atoms with Crippen molar-refractivity contribution < 1.29 is 14.3 Å². The molecule has 0 atom stereocenters. The molecule has 0 saturated carbocycles. The third-order valence-electron chi connectivity index (χ3n) is 2.47. The van der Waals surface area contributed by atoms with E-state index < -0.39 is 11.4 Å². The average molecular weight is 235 g/mol. The maximum atomic E-state index is 12.2. The molecule has 0 spiro atoms. The molecule has 0 aromatic carbocycles. The fourth-order valence-electron chi connectivity index (χ4n) is 1.39. The molecule has 1 aromatic heterocycles. The van der Waals surface area contributed by atoms with Crippen molar-refractivity contribution in [2.45, 2.75) is 27.7 Å². The van der Waals surface area contributed by atoms with Gasteiger partial charge in [0.2, 0.25) is 0 Å². The van der Waals surface area contributed by atoms with Crippen LogP contribution >= 0.6 is 0 Å². The maximum absolute atomic E-state index is 12.2. The van der Waals surface area contributed by atoms with Crippen LogP contribution in [0, 0.1) is 12.3 Å². The first kappa shape index (κ1) is 13.4. The highest BCUT2D eigenvalue weighted by Crippen LogP contribution is 2.23.